The maximum absolute atomic E-state index is 6.44. The maximum atomic E-state index is 6.44. The molecule has 0 saturated heterocycles. The molecule has 67 heavy (non-hydrogen) atoms. The van der Waals surface area contributed by atoms with Gasteiger partial charge in [-0.05, 0) is 116 Å². The zero-order valence-electron chi connectivity index (χ0n) is 36.6. The number of anilines is 3. The highest BCUT2D eigenvalue weighted by atomic mass is 16.3. The van der Waals surface area contributed by atoms with E-state index in [2.05, 4.69) is 252 Å². The highest BCUT2D eigenvalue weighted by Crippen LogP contribution is 2.43. The highest BCUT2D eigenvalue weighted by Gasteiger charge is 2.19. The molecule has 3 nitrogen and oxygen atoms in total. The van der Waals surface area contributed by atoms with E-state index in [9.17, 15) is 0 Å². The van der Waals surface area contributed by atoms with Crippen LogP contribution in [-0.4, -0.2) is 4.57 Å². The van der Waals surface area contributed by atoms with E-state index < -0.39 is 0 Å². The van der Waals surface area contributed by atoms with E-state index in [0.717, 1.165) is 66.9 Å². The summed E-state index contributed by atoms with van der Waals surface area (Å²) in [6.07, 6.45) is 0. The third-order valence-corrected chi connectivity index (χ3v) is 13.4. The lowest BCUT2D eigenvalue weighted by molar-refractivity contribution is 0.670. The van der Waals surface area contributed by atoms with Crippen molar-refractivity contribution in [1.82, 2.24) is 4.57 Å². The fraction of sp³-hybridized carbons (Fsp3) is 0. The van der Waals surface area contributed by atoms with Gasteiger partial charge in [-0.25, -0.2) is 0 Å². The van der Waals surface area contributed by atoms with Crippen LogP contribution in [0.15, 0.2) is 259 Å². The monoisotopic (exact) mass is 854 g/mol. The van der Waals surface area contributed by atoms with E-state index in [-0.39, 0.29) is 0 Å². The van der Waals surface area contributed by atoms with Gasteiger partial charge in [0.15, 0.2) is 0 Å². The molecule has 2 aromatic heterocycles. The van der Waals surface area contributed by atoms with Crippen LogP contribution in [0.3, 0.4) is 0 Å². The molecule has 3 heteroatoms. The molecule has 13 aromatic rings. The first-order valence-corrected chi connectivity index (χ1v) is 22.9. The van der Waals surface area contributed by atoms with Crippen molar-refractivity contribution in [1.29, 1.82) is 0 Å². The summed E-state index contributed by atoms with van der Waals surface area (Å²) >= 11 is 0. The Bertz CT molecular complexity index is 3940. The van der Waals surface area contributed by atoms with E-state index in [1.54, 1.807) is 0 Å². The van der Waals surface area contributed by atoms with Crippen molar-refractivity contribution in [2.75, 3.05) is 4.90 Å². The predicted molar refractivity (Wildman–Crippen MR) is 282 cm³/mol. The summed E-state index contributed by atoms with van der Waals surface area (Å²) in [5, 5.41) is 7.31. The minimum atomic E-state index is 0.903. The zero-order valence-corrected chi connectivity index (χ0v) is 36.6. The molecule has 0 spiro atoms. The molecule has 0 unspecified atom stereocenters. The van der Waals surface area contributed by atoms with Gasteiger partial charge >= 0.3 is 0 Å². The van der Waals surface area contributed by atoms with Gasteiger partial charge in [-0.3, -0.25) is 0 Å². The van der Waals surface area contributed by atoms with Crippen molar-refractivity contribution >= 4 is 71.6 Å². The summed E-state index contributed by atoms with van der Waals surface area (Å²) in [5.41, 5.74) is 17.9. The number of hydrogen-bond donors (Lipinski definition) is 0. The molecular formula is C64H42N2O. The third-order valence-electron chi connectivity index (χ3n) is 13.4. The lowest BCUT2D eigenvalue weighted by Crippen LogP contribution is -2.09. The molecule has 0 N–H and O–H groups in total. The standard InChI is InChI=1S/C64H42N2O/c1-3-14-43(15-4-1)44-28-35-50(36-29-44)65(52-39-32-47(33-40-52)55-24-13-25-57-56-21-8-10-27-61(56)67-64(55)57)51-37-30-45(31-38-51)49-19-11-20-53(42-49)66-59-26-9-7-22-58(59)63-60(66)41-34-48-18-12-23-54(62(48)63)46-16-5-2-6-17-46/h1-42H. The van der Waals surface area contributed by atoms with E-state index in [1.165, 1.54) is 54.8 Å². The van der Waals surface area contributed by atoms with Gasteiger partial charge in [0.25, 0.3) is 0 Å². The van der Waals surface area contributed by atoms with Gasteiger partial charge in [0.05, 0.1) is 11.0 Å². The molecule has 2 heterocycles. The molecule has 0 aliphatic carbocycles. The lowest BCUT2D eigenvalue weighted by Gasteiger charge is -2.26. The number of fused-ring (bicyclic) bond motifs is 8. The predicted octanol–water partition coefficient (Wildman–Crippen LogP) is 18.0. The summed E-state index contributed by atoms with van der Waals surface area (Å²) in [7, 11) is 0. The van der Waals surface area contributed by atoms with E-state index in [0.29, 0.717) is 0 Å². The van der Waals surface area contributed by atoms with Crippen LogP contribution < -0.4 is 4.90 Å². The van der Waals surface area contributed by atoms with Crippen LogP contribution in [0, 0.1) is 0 Å². The molecule has 0 fully saturated rings. The second-order valence-electron chi connectivity index (χ2n) is 17.3. The average molecular weight is 855 g/mol. The number of rotatable bonds is 8. The molecule has 11 aromatic carbocycles. The molecule has 0 bridgehead atoms. The van der Waals surface area contributed by atoms with E-state index >= 15 is 0 Å². The minimum Gasteiger partial charge on any atom is -0.455 e. The van der Waals surface area contributed by atoms with Gasteiger partial charge in [0.2, 0.25) is 0 Å². The Kier molecular flexibility index (Phi) is 9.17. The van der Waals surface area contributed by atoms with Crippen LogP contribution in [0.4, 0.5) is 17.1 Å². The van der Waals surface area contributed by atoms with Crippen LogP contribution in [0.25, 0.3) is 105 Å². The van der Waals surface area contributed by atoms with Crippen molar-refractivity contribution in [2.24, 2.45) is 0 Å². The normalized spacial score (nSPS) is 11.6. The fourth-order valence-corrected chi connectivity index (χ4v) is 10.2. The van der Waals surface area contributed by atoms with Crippen LogP contribution in [0.5, 0.6) is 0 Å². The number of hydrogen-bond acceptors (Lipinski definition) is 2. The molecule has 0 aliphatic rings. The van der Waals surface area contributed by atoms with E-state index in [1.807, 2.05) is 12.1 Å². The average Bonchev–Trinajstić information content (AvgIpc) is 3.96. The zero-order chi connectivity index (χ0) is 44.3. The summed E-state index contributed by atoms with van der Waals surface area (Å²) in [5.74, 6) is 0. The van der Waals surface area contributed by atoms with Gasteiger partial charge in [0.1, 0.15) is 11.2 Å². The first-order valence-electron chi connectivity index (χ1n) is 22.9. The van der Waals surface area contributed by atoms with Crippen LogP contribution in [-0.2, 0) is 0 Å². The van der Waals surface area contributed by atoms with Gasteiger partial charge in [-0.2, -0.15) is 0 Å². The van der Waals surface area contributed by atoms with Crippen molar-refractivity contribution in [2.45, 2.75) is 0 Å². The summed E-state index contributed by atoms with van der Waals surface area (Å²) in [6.45, 7) is 0. The summed E-state index contributed by atoms with van der Waals surface area (Å²) < 4.78 is 8.87. The van der Waals surface area contributed by atoms with Crippen LogP contribution >= 0.6 is 0 Å². The smallest absolute Gasteiger partial charge is 0.143 e. The van der Waals surface area contributed by atoms with Gasteiger partial charge in [-0.1, -0.05) is 188 Å². The second kappa shape index (κ2) is 16.0. The summed E-state index contributed by atoms with van der Waals surface area (Å²) in [6, 6.07) is 91.8. The van der Waals surface area contributed by atoms with Gasteiger partial charge in [-0.15, -0.1) is 0 Å². The van der Waals surface area contributed by atoms with Crippen molar-refractivity contribution in [3.63, 3.8) is 0 Å². The Hall–Kier alpha value is -8.92. The second-order valence-corrected chi connectivity index (χ2v) is 17.3. The van der Waals surface area contributed by atoms with Crippen molar-refractivity contribution in [3.05, 3.63) is 255 Å². The lowest BCUT2D eigenvalue weighted by atomic mass is 9.94. The molecule has 0 atom stereocenters. The molecule has 0 radical (unpaired) electrons. The van der Waals surface area contributed by atoms with Gasteiger partial charge < -0.3 is 13.9 Å². The highest BCUT2D eigenvalue weighted by molar-refractivity contribution is 6.25. The number of benzene rings is 11. The number of para-hydroxylation sites is 3. The molecule has 314 valence electrons. The minimum absolute atomic E-state index is 0.903. The SMILES string of the molecule is c1ccc(-c2ccc(N(c3ccc(-c4cccc(-n5c6ccccc6c6c7c(-c8ccccc8)cccc7ccc65)c4)cc3)c3ccc(-c4cccc5c4oc4ccccc45)cc3)cc2)cc1. The van der Waals surface area contributed by atoms with Crippen molar-refractivity contribution in [3.8, 4) is 50.2 Å². The van der Waals surface area contributed by atoms with Crippen LogP contribution in [0.1, 0.15) is 0 Å². The summed E-state index contributed by atoms with van der Waals surface area (Å²) in [4.78, 5) is 2.34. The molecule has 0 amide bonds. The molecule has 13 rings (SSSR count). The maximum Gasteiger partial charge on any atom is 0.143 e. The van der Waals surface area contributed by atoms with Crippen LogP contribution in [0.2, 0.25) is 0 Å². The molecule has 0 aliphatic heterocycles. The largest absolute Gasteiger partial charge is 0.455 e. The molecule has 0 saturated carbocycles. The quantitative estimate of drug-likeness (QED) is 0.152. The first-order chi connectivity index (χ1) is 33.2. The molecular weight excluding hydrogens is 813 g/mol. The Morgan fingerprint density at radius 2 is 0.836 bits per heavy atom. The Labute approximate surface area is 388 Å². The van der Waals surface area contributed by atoms with Crippen molar-refractivity contribution < 1.29 is 4.42 Å². The Morgan fingerprint density at radius 1 is 0.313 bits per heavy atom. The third kappa shape index (κ3) is 6.59. The van der Waals surface area contributed by atoms with E-state index in [4.69, 9.17) is 4.42 Å². The fourth-order valence-electron chi connectivity index (χ4n) is 10.2. The number of aromatic nitrogens is 1. The Morgan fingerprint density at radius 3 is 1.57 bits per heavy atom. The van der Waals surface area contributed by atoms with Gasteiger partial charge in [0, 0.05) is 49.9 Å². The first kappa shape index (κ1) is 38.5. The number of nitrogens with zero attached hydrogens (tertiary/aromatic N) is 2. The number of furan rings is 1. The Balaban J connectivity index is 0.890. The topological polar surface area (TPSA) is 21.3 Å².